The number of nitrogens with one attached hydrogen (secondary N) is 1. The molecule has 0 radical (unpaired) electrons. The van der Waals surface area contributed by atoms with Crippen LogP contribution in [-0.2, 0) is 0 Å². The largest absolute Gasteiger partial charge is 0.497 e. The molecule has 0 fully saturated rings. The average molecular weight is 361 g/mol. The molecule has 1 aromatic heterocycles. The van der Waals surface area contributed by atoms with Crippen molar-refractivity contribution in [1.82, 2.24) is 5.32 Å². The fourth-order valence-electron chi connectivity index (χ4n) is 1.92. The maximum atomic E-state index is 6.04. The molecule has 0 aliphatic rings. The fourth-order valence-corrected chi connectivity index (χ4v) is 3.66. The molecule has 1 heterocycles. The van der Waals surface area contributed by atoms with E-state index in [1.165, 1.54) is 10.4 Å². The molecule has 1 unspecified atom stereocenters. The van der Waals surface area contributed by atoms with Gasteiger partial charge in [-0.3, -0.25) is 0 Å². The van der Waals surface area contributed by atoms with E-state index in [0.717, 1.165) is 21.1 Å². The molecule has 0 aliphatic carbocycles. The third kappa shape index (κ3) is 3.51. The maximum Gasteiger partial charge on any atom is 0.120 e. The topological polar surface area (TPSA) is 21.3 Å². The van der Waals surface area contributed by atoms with Gasteiger partial charge in [0.1, 0.15) is 5.75 Å². The zero-order valence-electron chi connectivity index (χ0n) is 10.7. The molecule has 0 aliphatic heterocycles. The van der Waals surface area contributed by atoms with Crippen molar-refractivity contribution in [2.45, 2.75) is 13.0 Å². The predicted octanol–water partition coefficient (Wildman–Crippen LogP) is 4.87. The summed E-state index contributed by atoms with van der Waals surface area (Å²) in [5, 5.41) is 3.49. The molecule has 1 N–H and O–H groups in total. The predicted molar refractivity (Wildman–Crippen MR) is 85.5 cm³/mol. The van der Waals surface area contributed by atoms with E-state index in [9.17, 15) is 0 Å². The second-order valence-electron chi connectivity index (χ2n) is 4.02. The van der Waals surface area contributed by atoms with Crippen LogP contribution in [0.25, 0.3) is 0 Å². The second kappa shape index (κ2) is 6.75. The lowest BCUT2D eigenvalue weighted by atomic mass is 10.1. The highest BCUT2D eigenvalue weighted by Gasteiger charge is 2.18. The van der Waals surface area contributed by atoms with Gasteiger partial charge in [0.15, 0.2) is 0 Å². The van der Waals surface area contributed by atoms with Crippen molar-refractivity contribution in [2.75, 3.05) is 13.7 Å². The van der Waals surface area contributed by atoms with Crippen molar-refractivity contribution in [2.24, 2.45) is 0 Å². The van der Waals surface area contributed by atoms with Crippen LogP contribution < -0.4 is 10.1 Å². The van der Waals surface area contributed by atoms with Crippen LogP contribution >= 0.6 is 38.9 Å². The Hall–Kier alpha value is -0.550. The van der Waals surface area contributed by atoms with Gasteiger partial charge in [0, 0.05) is 9.35 Å². The quantitative estimate of drug-likeness (QED) is 0.821. The summed E-state index contributed by atoms with van der Waals surface area (Å²) in [6.07, 6.45) is 0. The molecule has 0 saturated carbocycles. The second-order valence-corrected chi connectivity index (χ2v) is 6.62. The standard InChI is InChI=1S/C14H15BrClNOS/c1-3-17-14(12-6-7-13(16)19-12)10-5-4-9(18-2)8-11(10)15/h4-8,14,17H,3H2,1-2H3. The molecule has 2 nitrogen and oxygen atoms in total. The summed E-state index contributed by atoms with van der Waals surface area (Å²) in [4.78, 5) is 1.21. The lowest BCUT2D eigenvalue weighted by Crippen LogP contribution is -2.21. The molecule has 0 saturated heterocycles. The van der Waals surface area contributed by atoms with Crippen molar-refractivity contribution < 1.29 is 4.74 Å². The molecule has 2 aromatic rings. The Bertz CT molecular complexity index is 558. The Morgan fingerprint density at radius 2 is 2.16 bits per heavy atom. The first-order valence-electron chi connectivity index (χ1n) is 5.97. The molecule has 0 amide bonds. The first-order chi connectivity index (χ1) is 9.15. The minimum absolute atomic E-state index is 0.141. The number of benzene rings is 1. The molecular weight excluding hydrogens is 346 g/mol. The van der Waals surface area contributed by atoms with E-state index in [0.29, 0.717) is 0 Å². The number of thiophene rings is 1. The molecular formula is C14H15BrClNOS. The molecule has 1 atom stereocenters. The number of methoxy groups -OCH3 is 1. The van der Waals surface area contributed by atoms with Gasteiger partial charge < -0.3 is 10.1 Å². The summed E-state index contributed by atoms with van der Waals surface area (Å²) in [5.74, 6) is 0.843. The van der Waals surface area contributed by atoms with Crippen molar-refractivity contribution in [1.29, 1.82) is 0 Å². The van der Waals surface area contributed by atoms with Gasteiger partial charge in [0.25, 0.3) is 0 Å². The fraction of sp³-hybridized carbons (Fsp3) is 0.286. The third-order valence-electron chi connectivity index (χ3n) is 2.81. The highest BCUT2D eigenvalue weighted by Crippen LogP contribution is 2.35. The highest BCUT2D eigenvalue weighted by atomic mass is 79.9. The van der Waals surface area contributed by atoms with Crippen LogP contribution in [0.15, 0.2) is 34.8 Å². The van der Waals surface area contributed by atoms with Gasteiger partial charge >= 0.3 is 0 Å². The summed E-state index contributed by atoms with van der Waals surface area (Å²) in [7, 11) is 1.67. The van der Waals surface area contributed by atoms with Crippen LogP contribution in [0.4, 0.5) is 0 Å². The van der Waals surface area contributed by atoms with Crippen molar-refractivity contribution in [3.05, 3.63) is 49.6 Å². The Kier molecular flexibility index (Phi) is 5.28. The number of hydrogen-bond donors (Lipinski definition) is 1. The summed E-state index contributed by atoms with van der Waals surface area (Å²) in [5.41, 5.74) is 1.18. The SMILES string of the molecule is CCNC(c1ccc(Cl)s1)c1ccc(OC)cc1Br. The van der Waals surface area contributed by atoms with Crippen LogP contribution in [0.3, 0.4) is 0 Å². The highest BCUT2D eigenvalue weighted by molar-refractivity contribution is 9.10. The zero-order chi connectivity index (χ0) is 13.8. The average Bonchev–Trinajstić information content (AvgIpc) is 2.83. The van der Waals surface area contributed by atoms with Gasteiger partial charge in [-0.15, -0.1) is 11.3 Å². The lowest BCUT2D eigenvalue weighted by molar-refractivity contribution is 0.414. The summed E-state index contributed by atoms with van der Waals surface area (Å²) >= 11 is 11.3. The van der Waals surface area contributed by atoms with Crippen molar-refractivity contribution in [3.63, 3.8) is 0 Å². The third-order valence-corrected chi connectivity index (χ3v) is 4.79. The van der Waals surface area contributed by atoms with E-state index < -0.39 is 0 Å². The van der Waals surface area contributed by atoms with Gasteiger partial charge in [-0.1, -0.05) is 40.5 Å². The molecule has 0 spiro atoms. The number of rotatable bonds is 5. The first-order valence-corrected chi connectivity index (χ1v) is 7.96. The molecule has 102 valence electrons. The first kappa shape index (κ1) is 14.9. The van der Waals surface area contributed by atoms with E-state index in [1.54, 1.807) is 18.4 Å². The minimum Gasteiger partial charge on any atom is -0.497 e. The van der Waals surface area contributed by atoms with E-state index in [2.05, 4.69) is 40.3 Å². The number of halogens is 2. The Morgan fingerprint density at radius 3 is 2.68 bits per heavy atom. The van der Waals surface area contributed by atoms with Gasteiger partial charge in [0.2, 0.25) is 0 Å². The van der Waals surface area contributed by atoms with Crippen molar-refractivity contribution in [3.8, 4) is 5.75 Å². The summed E-state index contributed by atoms with van der Waals surface area (Å²) in [6.45, 7) is 2.98. The van der Waals surface area contributed by atoms with E-state index in [1.807, 2.05) is 18.2 Å². The Labute approximate surface area is 130 Å². The van der Waals surface area contributed by atoms with Crippen LogP contribution in [0.5, 0.6) is 5.75 Å². The maximum absolute atomic E-state index is 6.04. The van der Waals surface area contributed by atoms with Crippen molar-refractivity contribution >= 4 is 38.9 Å². The summed E-state index contributed by atoms with van der Waals surface area (Å²) < 4.78 is 7.07. The monoisotopic (exact) mass is 359 g/mol. The van der Waals surface area contributed by atoms with Gasteiger partial charge in [0.05, 0.1) is 17.5 Å². The van der Waals surface area contributed by atoms with Crippen LogP contribution in [-0.4, -0.2) is 13.7 Å². The smallest absolute Gasteiger partial charge is 0.120 e. The van der Waals surface area contributed by atoms with Gasteiger partial charge in [-0.25, -0.2) is 0 Å². The van der Waals surface area contributed by atoms with E-state index in [4.69, 9.17) is 16.3 Å². The molecule has 1 aromatic carbocycles. The molecule has 0 bridgehead atoms. The van der Waals surface area contributed by atoms with E-state index in [-0.39, 0.29) is 6.04 Å². The minimum atomic E-state index is 0.141. The lowest BCUT2D eigenvalue weighted by Gasteiger charge is -2.19. The number of ether oxygens (including phenoxy) is 1. The molecule has 19 heavy (non-hydrogen) atoms. The van der Waals surface area contributed by atoms with Crippen LogP contribution in [0.1, 0.15) is 23.4 Å². The van der Waals surface area contributed by atoms with E-state index >= 15 is 0 Å². The molecule has 2 rings (SSSR count). The van der Waals surface area contributed by atoms with Crippen LogP contribution in [0, 0.1) is 0 Å². The normalized spacial score (nSPS) is 12.4. The summed E-state index contributed by atoms with van der Waals surface area (Å²) in [6, 6.07) is 10.2. The molecule has 5 heteroatoms. The number of hydrogen-bond acceptors (Lipinski definition) is 3. The zero-order valence-corrected chi connectivity index (χ0v) is 13.9. The van der Waals surface area contributed by atoms with Gasteiger partial charge in [-0.05, 0) is 36.4 Å². The Balaban J connectivity index is 2.39. The Morgan fingerprint density at radius 1 is 1.37 bits per heavy atom. The van der Waals surface area contributed by atoms with Gasteiger partial charge in [-0.2, -0.15) is 0 Å². The van der Waals surface area contributed by atoms with Crippen LogP contribution in [0.2, 0.25) is 4.34 Å².